The van der Waals surface area contributed by atoms with Gasteiger partial charge < -0.3 is 4.74 Å². The van der Waals surface area contributed by atoms with Crippen LogP contribution in [0.1, 0.15) is 23.6 Å². The molecule has 0 bridgehead atoms. The Hall–Kier alpha value is -3.05. The molecule has 1 fully saturated rings. The molecule has 1 saturated heterocycles. The summed E-state index contributed by atoms with van der Waals surface area (Å²) >= 11 is 1.43. The van der Waals surface area contributed by atoms with E-state index in [1.807, 2.05) is 75.4 Å². The van der Waals surface area contributed by atoms with Gasteiger partial charge in [0, 0.05) is 11.9 Å². The number of benzene rings is 3. The molecule has 1 aliphatic rings. The number of carbonyl (C=O) groups is 1. The van der Waals surface area contributed by atoms with E-state index in [1.165, 1.54) is 11.8 Å². The molecule has 0 aliphatic carbocycles. The SMILES string of the molecule is CCN1C(=O)/C(=C\c2ccc(OC)c3ccccc23)SC1=Nc1c(C)cccc1C. The molecule has 1 aliphatic heterocycles. The van der Waals surface area contributed by atoms with Crippen LogP contribution in [-0.4, -0.2) is 29.6 Å². The van der Waals surface area contributed by atoms with Gasteiger partial charge in [0.1, 0.15) is 5.75 Å². The molecule has 152 valence electrons. The Bertz CT molecular complexity index is 1180. The molecule has 3 aromatic carbocycles. The van der Waals surface area contributed by atoms with Crippen molar-refractivity contribution in [3.63, 3.8) is 0 Å². The number of hydrogen-bond acceptors (Lipinski definition) is 4. The van der Waals surface area contributed by atoms with Crippen molar-refractivity contribution in [2.75, 3.05) is 13.7 Å². The van der Waals surface area contributed by atoms with Gasteiger partial charge in [0.2, 0.25) is 0 Å². The highest BCUT2D eigenvalue weighted by atomic mass is 32.2. The van der Waals surface area contributed by atoms with Crippen LogP contribution in [0.15, 0.2) is 64.5 Å². The molecule has 1 amide bonds. The van der Waals surface area contributed by atoms with Crippen molar-refractivity contribution in [2.24, 2.45) is 4.99 Å². The van der Waals surface area contributed by atoms with E-state index in [9.17, 15) is 4.79 Å². The lowest BCUT2D eigenvalue weighted by Crippen LogP contribution is -2.28. The summed E-state index contributed by atoms with van der Waals surface area (Å²) in [4.78, 5) is 20.4. The normalized spacial score (nSPS) is 16.8. The number of hydrogen-bond donors (Lipinski definition) is 0. The first-order chi connectivity index (χ1) is 14.5. The highest BCUT2D eigenvalue weighted by Crippen LogP contribution is 2.37. The standard InChI is InChI=1S/C25H24N2O2S/c1-5-27-24(28)22(30-25(27)26-23-16(2)9-8-10-17(23)3)15-18-13-14-21(29-4)20-12-7-6-11-19(18)20/h6-15H,5H2,1-4H3/b22-15+,26-25?. The van der Waals surface area contributed by atoms with E-state index >= 15 is 0 Å². The molecule has 30 heavy (non-hydrogen) atoms. The zero-order valence-electron chi connectivity index (χ0n) is 17.6. The van der Waals surface area contributed by atoms with Gasteiger partial charge in [0.25, 0.3) is 5.91 Å². The third-order valence-electron chi connectivity index (χ3n) is 5.28. The Balaban J connectivity index is 1.78. The van der Waals surface area contributed by atoms with E-state index in [2.05, 4.69) is 6.07 Å². The number of amides is 1. The molecule has 1 heterocycles. The molecule has 0 unspecified atom stereocenters. The number of rotatable bonds is 4. The Morgan fingerprint density at radius 1 is 1.00 bits per heavy atom. The van der Waals surface area contributed by atoms with E-state index in [-0.39, 0.29) is 5.91 Å². The number of aliphatic imine (C=N–C) groups is 1. The molecule has 0 aromatic heterocycles. The monoisotopic (exact) mass is 416 g/mol. The van der Waals surface area contributed by atoms with Gasteiger partial charge in [-0.05, 0) is 66.8 Å². The lowest BCUT2D eigenvalue weighted by Gasteiger charge is -2.13. The van der Waals surface area contributed by atoms with Gasteiger partial charge in [-0.25, -0.2) is 4.99 Å². The predicted octanol–water partition coefficient (Wildman–Crippen LogP) is 6.09. The number of nitrogens with zero attached hydrogens (tertiary/aromatic N) is 2. The number of thioether (sulfide) groups is 1. The van der Waals surface area contributed by atoms with E-state index in [4.69, 9.17) is 9.73 Å². The maximum Gasteiger partial charge on any atom is 0.266 e. The lowest BCUT2D eigenvalue weighted by molar-refractivity contribution is -0.122. The Kier molecular flexibility index (Phi) is 5.64. The minimum atomic E-state index is -0.00705. The summed E-state index contributed by atoms with van der Waals surface area (Å²) in [7, 11) is 1.67. The number of amidine groups is 1. The molecule has 0 N–H and O–H groups in total. The largest absolute Gasteiger partial charge is 0.496 e. The number of para-hydroxylation sites is 1. The highest BCUT2D eigenvalue weighted by molar-refractivity contribution is 8.18. The highest BCUT2D eigenvalue weighted by Gasteiger charge is 2.32. The molecule has 0 spiro atoms. The van der Waals surface area contributed by atoms with Crippen molar-refractivity contribution in [3.05, 3.63) is 76.2 Å². The Morgan fingerprint density at radius 3 is 2.37 bits per heavy atom. The van der Waals surface area contributed by atoms with Gasteiger partial charge in [0.05, 0.1) is 17.7 Å². The summed E-state index contributed by atoms with van der Waals surface area (Å²) in [6.45, 7) is 6.65. The third kappa shape index (κ3) is 3.61. The first-order valence-electron chi connectivity index (χ1n) is 9.95. The number of carbonyl (C=O) groups excluding carboxylic acids is 1. The molecule has 4 nitrogen and oxygen atoms in total. The number of aryl methyl sites for hydroxylation is 2. The van der Waals surface area contributed by atoms with Gasteiger partial charge in [-0.15, -0.1) is 0 Å². The lowest BCUT2D eigenvalue weighted by atomic mass is 10.0. The molecule has 0 radical (unpaired) electrons. The van der Waals surface area contributed by atoms with Crippen LogP contribution >= 0.6 is 11.8 Å². The topological polar surface area (TPSA) is 41.9 Å². The zero-order chi connectivity index (χ0) is 21.3. The summed E-state index contributed by atoms with van der Waals surface area (Å²) in [5.74, 6) is 0.818. The van der Waals surface area contributed by atoms with Gasteiger partial charge in [0.15, 0.2) is 5.17 Å². The molecule has 0 atom stereocenters. The Morgan fingerprint density at radius 2 is 1.70 bits per heavy atom. The van der Waals surface area contributed by atoms with E-state index in [0.717, 1.165) is 44.1 Å². The minimum absolute atomic E-state index is 0.00705. The summed E-state index contributed by atoms with van der Waals surface area (Å²) in [6.07, 6.45) is 1.96. The van der Waals surface area contributed by atoms with Crippen LogP contribution in [0, 0.1) is 13.8 Å². The van der Waals surface area contributed by atoms with Crippen LogP contribution in [0.3, 0.4) is 0 Å². The van der Waals surface area contributed by atoms with Crippen molar-refractivity contribution in [3.8, 4) is 5.75 Å². The van der Waals surface area contributed by atoms with Crippen molar-refractivity contribution >= 4 is 45.4 Å². The first kappa shape index (κ1) is 20.2. The second-order valence-electron chi connectivity index (χ2n) is 7.20. The quantitative estimate of drug-likeness (QED) is 0.483. The van der Waals surface area contributed by atoms with Crippen LogP contribution in [0.25, 0.3) is 16.8 Å². The predicted molar refractivity (Wildman–Crippen MR) is 126 cm³/mol. The maximum atomic E-state index is 13.1. The van der Waals surface area contributed by atoms with Gasteiger partial charge in [-0.3, -0.25) is 9.69 Å². The van der Waals surface area contributed by atoms with Crippen molar-refractivity contribution in [1.29, 1.82) is 0 Å². The number of likely N-dealkylation sites (N-methyl/N-ethyl adjacent to an activating group) is 1. The first-order valence-corrected chi connectivity index (χ1v) is 10.8. The van der Waals surface area contributed by atoms with Crippen LogP contribution in [0.2, 0.25) is 0 Å². The molecule has 5 heteroatoms. The number of ether oxygens (including phenoxy) is 1. The molecule has 3 aromatic rings. The molecule has 4 rings (SSSR count). The second kappa shape index (κ2) is 8.36. The molecular weight excluding hydrogens is 392 g/mol. The van der Waals surface area contributed by atoms with E-state index in [1.54, 1.807) is 12.0 Å². The minimum Gasteiger partial charge on any atom is -0.496 e. The van der Waals surface area contributed by atoms with Crippen LogP contribution in [0.4, 0.5) is 5.69 Å². The average molecular weight is 417 g/mol. The molecular formula is C25H24N2O2S. The van der Waals surface area contributed by atoms with Crippen molar-refractivity contribution in [2.45, 2.75) is 20.8 Å². The van der Waals surface area contributed by atoms with Crippen LogP contribution in [0.5, 0.6) is 5.75 Å². The number of methoxy groups -OCH3 is 1. The maximum absolute atomic E-state index is 13.1. The van der Waals surface area contributed by atoms with Crippen LogP contribution < -0.4 is 4.74 Å². The average Bonchev–Trinajstić information content (AvgIpc) is 3.05. The molecule has 0 saturated carbocycles. The summed E-state index contributed by atoms with van der Waals surface area (Å²) < 4.78 is 5.49. The van der Waals surface area contributed by atoms with E-state index < -0.39 is 0 Å². The van der Waals surface area contributed by atoms with Crippen molar-refractivity contribution in [1.82, 2.24) is 4.90 Å². The fourth-order valence-electron chi connectivity index (χ4n) is 3.69. The third-order valence-corrected chi connectivity index (χ3v) is 6.28. The Labute approximate surface area is 181 Å². The summed E-state index contributed by atoms with van der Waals surface area (Å²) in [5.41, 5.74) is 4.13. The van der Waals surface area contributed by atoms with Crippen LogP contribution in [-0.2, 0) is 4.79 Å². The van der Waals surface area contributed by atoms with Gasteiger partial charge in [-0.2, -0.15) is 0 Å². The second-order valence-corrected chi connectivity index (χ2v) is 8.21. The fourth-order valence-corrected chi connectivity index (χ4v) is 4.73. The summed E-state index contributed by atoms with van der Waals surface area (Å²) in [5, 5.41) is 2.81. The fraction of sp³-hybridized carbons (Fsp3) is 0.200. The van der Waals surface area contributed by atoms with E-state index in [0.29, 0.717) is 11.4 Å². The summed E-state index contributed by atoms with van der Waals surface area (Å²) in [6, 6.07) is 18.1. The number of fused-ring (bicyclic) bond motifs is 1. The van der Waals surface area contributed by atoms with Crippen molar-refractivity contribution < 1.29 is 9.53 Å². The van der Waals surface area contributed by atoms with Gasteiger partial charge >= 0.3 is 0 Å². The zero-order valence-corrected chi connectivity index (χ0v) is 18.4. The smallest absolute Gasteiger partial charge is 0.266 e. The van der Waals surface area contributed by atoms with Gasteiger partial charge in [-0.1, -0.05) is 48.5 Å².